The van der Waals surface area contributed by atoms with E-state index < -0.39 is 34.1 Å². The van der Waals surface area contributed by atoms with Crippen LogP contribution < -0.4 is 10.2 Å². The first-order valence-corrected chi connectivity index (χ1v) is 10.9. The number of halogens is 3. The number of hydrogen-bond acceptors (Lipinski definition) is 4. The SMILES string of the molecule is O=C(NC[C@H]1CN(c2ccc([C@H]3CC[S@@+]([O-])CC3)c(F)c2)C(=O)O1)C(Cl)Cl. The van der Waals surface area contributed by atoms with Crippen LogP contribution >= 0.6 is 23.2 Å². The molecular weight excluding hydrogens is 418 g/mol. The summed E-state index contributed by atoms with van der Waals surface area (Å²) in [4.78, 5) is 23.6. The molecule has 0 aromatic heterocycles. The second-order valence-corrected chi connectivity index (χ2v) is 9.28. The summed E-state index contributed by atoms with van der Waals surface area (Å²) in [5.41, 5.74) is 0.976. The maximum absolute atomic E-state index is 14.6. The minimum atomic E-state index is -1.20. The molecule has 2 fully saturated rings. The molecule has 1 N–H and O–H groups in total. The summed E-state index contributed by atoms with van der Waals surface area (Å²) in [6.45, 7) is 0.242. The zero-order chi connectivity index (χ0) is 19.6. The van der Waals surface area contributed by atoms with Gasteiger partial charge in [-0.3, -0.25) is 9.69 Å². The largest absolute Gasteiger partial charge is 0.616 e. The topological polar surface area (TPSA) is 81.7 Å². The number of alkyl halides is 2. The molecule has 1 atom stereocenters. The number of carbonyl (C=O) groups excluding carboxylic acids is 2. The second kappa shape index (κ2) is 8.86. The molecule has 2 aliphatic heterocycles. The Balaban J connectivity index is 1.63. The van der Waals surface area contributed by atoms with Crippen molar-refractivity contribution in [1.29, 1.82) is 0 Å². The van der Waals surface area contributed by atoms with Crippen LogP contribution in [0.2, 0.25) is 0 Å². The van der Waals surface area contributed by atoms with Gasteiger partial charge < -0.3 is 14.6 Å². The summed E-state index contributed by atoms with van der Waals surface area (Å²) in [6, 6.07) is 4.67. The van der Waals surface area contributed by atoms with Crippen LogP contribution in [-0.2, 0) is 20.7 Å². The summed E-state index contributed by atoms with van der Waals surface area (Å²) >= 11 is 10.1. The van der Waals surface area contributed by atoms with Crippen LogP contribution in [0, 0.1) is 5.82 Å². The van der Waals surface area contributed by atoms with E-state index in [4.69, 9.17) is 27.9 Å². The van der Waals surface area contributed by atoms with Gasteiger partial charge in [-0.05, 0) is 36.5 Å². The van der Waals surface area contributed by atoms with E-state index in [9.17, 15) is 18.5 Å². The number of amides is 2. The van der Waals surface area contributed by atoms with E-state index in [0.717, 1.165) is 0 Å². The Hall–Kier alpha value is -1.22. The number of cyclic esters (lactones) is 1. The fraction of sp³-hybridized carbons (Fsp3) is 0.529. The molecule has 1 aromatic rings. The number of rotatable bonds is 5. The van der Waals surface area contributed by atoms with Crippen LogP contribution in [0.25, 0.3) is 0 Å². The summed E-state index contributed by atoms with van der Waals surface area (Å²) in [7, 11) is 0. The minimum Gasteiger partial charge on any atom is -0.616 e. The highest BCUT2D eigenvalue weighted by atomic mass is 35.5. The van der Waals surface area contributed by atoms with Crippen LogP contribution in [-0.4, -0.2) is 52.1 Å². The van der Waals surface area contributed by atoms with Crippen molar-refractivity contribution in [2.45, 2.75) is 29.7 Å². The Morgan fingerprint density at radius 3 is 2.74 bits per heavy atom. The lowest BCUT2D eigenvalue weighted by atomic mass is 9.93. The third-order valence-electron chi connectivity index (χ3n) is 4.70. The van der Waals surface area contributed by atoms with Crippen LogP contribution in [0.3, 0.4) is 0 Å². The lowest BCUT2D eigenvalue weighted by Gasteiger charge is -2.25. The van der Waals surface area contributed by atoms with Crippen molar-refractivity contribution in [3.05, 3.63) is 29.6 Å². The first-order chi connectivity index (χ1) is 12.8. The van der Waals surface area contributed by atoms with Crippen molar-refractivity contribution in [2.75, 3.05) is 29.5 Å². The van der Waals surface area contributed by atoms with Crippen molar-refractivity contribution in [3.8, 4) is 0 Å². The predicted octanol–water partition coefficient (Wildman–Crippen LogP) is 2.70. The van der Waals surface area contributed by atoms with Gasteiger partial charge in [-0.2, -0.15) is 0 Å². The summed E-state index contributed by atoms with van der Waals surface area (Å²) < 4.78 is 31.3. The number of nitrogens with zero attached hydrogens (tertiary/aromatic N) is 1. The molecule has 0 spiro atoms. The van der Waals surface area contributed by atoms with Gasteiger partial charge >= 0.3 is 6.09 Å². The lowest BCUT2D eigenvalue weighted by molar-refractivity contribution is -0.119. The molecule has 0 radical (unpaired) electrons. The van der Waals surface area contributed by atoms with Crippen LogP contribution in [0.15, 0.2) is 18.2 Å². The van der Waals surface area contributed by atoms with Crippen molar-refractivity contribution in [2.24, 2.45) is 0 Å². The Morgan fingerprint density at radius 1 is 1.41 bits per heavy atom. The number of anilines is 1. The molecule has 0 bridgehead atoms. The molecule has 0 unspecified atom stereocenters. The van der Waals surface area contributed by atoms with Crippen molar-refractivity contribution < 1.29 is 23.3 Å². The van der Waals surface area contributed by atoms with Crippen LogP contribution in [0.1, 0.15) is 24.3 Å². The fourth-order valence-corrected chi connectivity index (χ4v) is 4.70. The third kappa shape index (κ3) is 4.99. The Morgan fingerprint density at radius 2 is 2.11 bits per heavy atom. The standard InChI is InChI=1S/C17H19Cl2FN2O4S/c18-15(19)16(23)21-8-12-9-22(17(24)26-12)11-1-2-13(14(20)7-11)10-3-5-27(25)6-4-10/h1-2,7,10,12,15H,3-6,8-9H2,(H,21,23)/t10-,12-,27+/m0/s1. The van der Waals surface area contributed by atoms with Gasteiger partial charge in [-0.25, -0.2) is 9.18 Å². The molecule has 3 rings (SSSR count). The lowest BCUT2D eigenvalue weighted by Crippen LogP contribution is -2.37. The highest BCUT2D eigenvalue weighted by Gasteiger charge is 2.33. The van der Waals surface area contributed by atoms with Crippen molar-refractivity contribution in [1.82, 2.24) is 5.32 Å². The van der Waals surface area contributed by atoms with Gasteiger partial charge in [0, 0.05) is 0 Å². The quantitative estimate of drug-likeness (QED) is 0.568. The Labute approximate surface area is 169 Å². The third-order valence-corrected chi connectivity index (χ3v) is 6.48. The molecule has 0 aliphatic carbocycles. The molecule has 1 aromatic carbocycles. The van der Waals surface area contributed by atoms with Crippen molar-refractivity contribution >= 4 is 52.1 Å². The van der Waals surface area contributed by atoms with E-state index in [0.29, 0.717) is 35.6 Å². The molecule has 27 heavy (non-hydrogen) atoms. The van der Waals surface area contributed by atoms with E-state index >= 15 is 0 Å². The number of nitrogens with one attached hydrogen (secondary N) is 1. The van der Waals surface area contributed by atoms with Gasteiger partial charge in [0.15, 0.2) is 4.84 Å². The molecule has 6 nitrogen and oxygen atoms in total. The molecular formula is C17H19Cl2FN2O4S. The van der Waals surface area contributed by atoms with Gasteiger partial charge in [-0.1, -0.05) is 40.4 Å². The maximum Gasteiger partial charge on any atom is 0.414 e. The van der Waals surface area contributed by atoms with E-state index in [1.165, 1.54) is 11.0 Å². The van der Waals surface area contributed by atoms with E-state index in [-0.39, 0.29) is 24.8 Å². The molecule has 2 saturated heterocycles. The normalized spacial score (nSPS) is 25.6. The summed E-state index contributed by atoms with van der Waals surface area (Å²) in [5, 5.41) is 2.48. The molecule has 0 saturated carbocycles. The highest BCUT2D eigenvalue weighted by molar-refractivity contribution is 7.91. The number of hydrogen-bond donors (Lipinski definition) is 1. The molecule has 10 heteroatoms. The highest BCUT2D eigenvalue weighted by Crippen LogP contribution is 2.33. The average molecular weight is 437 g/mol. The average Bonchev–Trinajstić information content (AvgIpc) is 3.01. The van der Waals surface area contributed by atoms with Gasteiger partial charge in [-0.15, -0.1) is 0 Å². The molecule has 148 valence electrons. The van der Waals surface area contributed by atoms with Gasteiger partial charge in [0.05, 0.1) is 18.8 Å². The van der Waals surface area contributed by atoms with Crippen LogP contribution in [0.5, 0.6) is 0 Å². The fourth-order valence-electron chi connectivity index (χ4n) is 3.25. The van der Waals surface area contributed by atoms with Crippen LogP contribution in [0.4, 0.5) is 14.9 Å². The van der Waals surface area contributed by atoms with Gasteiger partial charge in [0.25, 0.3) is 5.91 Å². The monoisotopic (exact) mass is 436 g/mol. The second-order valence-electron chi connectivity index (χ2n) is 6.49. The first-order valence-electron chi connectivity index (χ1n) is 8.53. The first kappa shape index (κ1) is 20.5. The van der Waals surface area contributed by atoms with E-state index in [1.54, 1.807) is 12.1 Å². The summed E-state index contributed by atoms with van der Waals surface area (Å²) in [6.07, 6.45) is 0.198. The van der Waals surface area contributed by atoms with E-state index in [2.05, 4.69) is 5.32 Å². The summed E-state index contributed by atoms with van der Waals surface area (Å²) in [5.74, 6) is 0.259. The Bertz CT molecular complexity index is 716. The van der Waals surface area contributed by atoms with Gasteiger partial charge in [0.1, 0.15) is 23.4 Å². The number of benzene rings is 1. The zero-order valence-corrected chi connectivity index (χ0v) is 16.7. The van der Waals surface area contributed by atoms with Gasteiger partial charge in [0.2, 0.25) is 0 Å². The molecule has 2 aliphatic rings. The van der Waals surface area contributed by atoms with E-state index in [1.807, 2.05) is 0 Å². The number of carbonyl (C=O) groups is 2. The molecule has 2 heterocycles. The predicted molar refractivity (Wildman–Crippen MR) is 102 cm³/mol. The molecule has 2 amide bonds. The zero-order valence-electron chi connectivity index (χ0n) is 14.3. The number of ether oxygens (including phenoxy) is 1. The maximum atomic E-state index is 14.6. The Kier molecular flexibility index (Phi) is 6.73. The minimum absolute atomic E-state index is 0.0456. The smallest absolute Gasteiger partial charge is 0.414 e. The van der Waals surface area contributed by atoms with Crippen molar-refractivity contribution in [3.63, 3.8) is 0 Å².